The van der Waals surface area contributed by atoms with Crippen LogP contribution in [0.4, 0.5) is 5.69 Å². The first-order chi connectivity index (χ1) is 11.1. The van der Waals surface area contributed by atoms with Crippen molar-refractivity contribution in [2.24, 2.45) is 4.99 Å². The maximum Gasteiger partial charge on any atom is 0.337 e. The second-order valence-electron chi connectivity index (χ2n) is 4.92. The zero-order chi connectivity index (χ0) is 16.2. The highest BCUT2D eigenvalue weighted by molar-refractivity contribution is 6.33. The second kappa shape index (κ2) is 6.50. The van der Waals surface area contributed by atoms with Crippen LogP contribution in [0.3, 0.4) is 0 Å². The molecule has 1 N–H and O–H groups in total. The Morgan fingerprint density at radius 1 is 1.13 bits per heavy atom. The number of aromatic carboxylic acids is 1. The number of para-hydroxylation sites is 1. The third kappa shape index (κ3) is 3.49. The van der Waals surface area contributed by atoms with E-state index >= 15 is 0 Å². The molecule has 23 heavy (non-hydrogen) atoms. The van der Waals surface area contributed by atoms with Gasteiger partial charge in [0.25, 0.3) is 0 Å². The van der Waals surface area contributed by atoms with Crippen LogP contribution in [0, 0.1) is 0 Å². The number of carbonyl (C=O) groups is 1. The SMILES string of the molecule is O=C(O)c1cc(N=Cc2ccn(-c3ccccc3)c2)ccc1Cl. The first kappa shape index (κ1) is 15.1. The van der Waals surface area contributed by atoms with Crippen molar-refractivity contribution < 1.29 is 9.90 Å². The van der Waals surface area contributed by atoms with Crippen molar-refractivity contribution in [2.45, 2.75) is 0 Å². The van der Waals surface area contributed by atoms with Crippen LogP contribution >= 0.6 is 11.6 Å². The Balaban J connectivity index is 1.83. The molecule has 0 amide bonds. The fraction of sp³-hybridized carbons (Fsp3) is 0. The summed E-state index contributed by atoms with van der Waals surface area (Å²) >= 11 is 5.84. The lowest BCUT2D eigenvalue weighted by Gasteiger charge is -2.01. The van der Waals surface area contributed by atoms with E-state index in [1.807, 2.05) is 53.4 Å². The van der Waals surface area contributed by atoms with Crippen molar-refractivity contribution >= 4 is 29.5 Å². The molecule has 1 aromatic heterocycles. The van der Waals surface area contributed by atoms with Crippen LogP contribution in [0.2, 0.25) is 5.02 Å². The Hall–Kier alpha value is -2.85. The molecule has 0 aliphatic heterocycles. The van der Waals surface area contributed by atoms with Crippen LogP contribution in [0.5, 0.6) is 0 Å². The highest BCUT2D eigenvalue weighted by Gasteiger charge is 2.08. The summed E-state index contributed by atoms with van der Waals surface area (Å²) in [6, 6.07) is 16.6. The third-order valence-electron chi connectivity index (χ3n) is 3.31. The van der Waals surface area contributed by atoms with Gasteiger partial charge < -0.3 is 9.67 Å². The number of carboxylic acids is 1. The van der Waals surface area contributed by atoms with Crippen LogP contribution in [0.15, 0.2) is 72.0 Å². The topological polar surface area (TPSA) is 54.6 Å². The highest BCUT2D eigenvalue weighted by atomic mass is 35.5. The number of benzene rings is 2. The molecule has 3 rings (SSSR count). The third-order valence-corrected chi connectivity index (χ3v) is 3.64. The van der Waals surface area contributed by atoms with Gasteiger partial charge in [-0.05, 0) is 36.4 Å². The van der Waals surface area contributed by atoms with Gasteiger partial charge in [-0.1, -0.05) is 29.8 Å². The van der Waals surface area contributed by atoms with Gasteiger partial charge in [-0.3, -0.25) is 4.99 Å². The van der Waals surface area contributed by atoms with Crippen LogP contribution in [-0.4, -0.2) is 21.9 Å². The number of hydrogen-bond donors (Lipinski definition) is 1. The summed E-state index contributed by atoms with van der Waals surface area (Å²) in [5.74, 6) is -1.07. The van der Waals surface area contributed by atoms with Gasteiger partial charge in [0.2, 0.25) is 0 Å². The summed E-state index contributed by atoms with van der Waals surface area (Å²) in [6.45, 7) is 0. The first-order valence-electron chi connectivity index (χ1n) is 6.94. The molecule has 1 heterocycles. The smallest absolute Gasteiger partial charge is 0.337 e. The minimum absolute atomic E-state index is 0.0446. The fourth-order valence-electron chi connectivity index (χ4n) is 2.16. The van der Waals surface area contributed by atoms with Crippen molar-refractivity contribution in [3.8, 4) is 5.69 Å². The van der Waals surface area contributed by atoms with Crippen molar-refractivity contribution in [1.82, 2.24) is 4.57 Å². The molecule has 5 heteroatoms. The molecule has 0 radical (unpaired) electrons. The molecule has 0 aliphatic rings. The van der Waals surface area contributed by atoms with Crippen LogP contribution in [0.1, 0.15) is 15.9 Å². The van der Waals surface area contributed by atoms with Gasteiger partial charge in [0.15, 0.2) is 0 Å². The predicted molar refractivity (Wildman–Crippen MR) is 91.4 cm³/mol. The quantitative estimate of drug-likeness (QED) is 0.714. The summed E-state index contributed by atoms with van der Waals surface area (Å²) < 4.78 is 1.99. The molecule has 2 aromatic carbocycles. The van der Waals surface area contributed by atoms with Gasteiger partial charge in [-0.2, -0.15) is 0 Å². The van der Waals surface area contributed by atoms with Crippen molar-refractivity contribution in [3.05, 3.63) is 83.1 Å². The molecule has 0 spiro atoms. The van der Waals surface area contributed by atoms with E-state index in [0.717, 1.165) is 11.3 Å². The van der Waals surface area contributed by atoms with Gasteiger partial charge in [-0.25, -0.2) is 4.79 Å². The fourth-order valence-corrected chi connectivity index (χ4v) is 2.36. The van der Waals surface area contributed by atoms with Gasteiger partial charge in [-0.15, -0.1) is 0 Å². The van der Waals surface area contributed by atoms with Crippen molar-refractivity contribution in [1.29, 1.82) is 0 Å². The number of aromatic nitrogens is 1. The number of halogens is 1. The van der Waals surface area contributed by atoms with Crippen molar-refractivity contribution in [3.63, 3.8) is 0 Å². The Labute approximate surface area is 138 Å². The predicted octanol–water partition coefficient (Wildman–Crippen LogP) is 4.58. The molecule has 0 saturated carbocycles. The lowest BCUT2D eigenvalue weighted by molar-refractivity contribution is 0.0697. The maximum atomic E-state index is 11.1. The van der Waals surface area contributed by atoms with Gasteiger partial charge in [0.05, 0.1) is 16.3 Å². The molecule has 4 nitrogen and oxygen atoms in total. The summed E-state index contributed by atoms with van der Waals surface area (Å²) in [5, 5.41) is 9.27. The molecule has 0 bridgehead atoms. The molecule has 0 unspecified atom stereocenters. The van der Waals surface area contributed by atoms with E-state index in [4.69, 9.17) is 16.7 Å². The Morgan fingerprint density at radius 3 is 2.65 bits per heavy atom. The summed E-state index contributed by atoms with van der Waals surface area (Å²) in [7, 11) is 0. The van der Waals surface area contributed by atoms with Crippen molar-refractivity contribution in [2.75, 3.05) is 0 Å². The standard InChI is InChI=1S/C18H13ClN2O2/c19-17-7-6-14(10-16(17)18(22)23)20-11-13-8-9-21(12-13)15-4-2-1-3-5-15/h1-12H,(H,22,23). The second-order valence-corrected chi connectivity index (χ2v) is 5.32. The number of carboxylic acid groups (broad SMARTS) is 1. The highest BCUT2D eigenvalue weighted by Crippen LogP contribution is 2.22. The number of hydrogen-bond acceptors (Lipinski definition) is 2. The Bertz CT molecular complexity index is 870. The summed E-state index contributed by atoms with van der Waals surface area (Å²) in [4.78, 5) is 15.4. The van der Waals surface area contributed by atoms with E-state index in [-0.39, 0.29) is 10.6 Å². The van der Waals surface area contributed by atoms with Gasteiger partial charge in [0, 0.05) is 29.9 Å². The zero-order valence-corrected chi connectivity index (χ0v) is 12.8. The average Bonchev–Trinajstić information content (AvgIpc) is 3.03. The minimum Gasteiger partial charge on any atom is -0.478 e. The van der Waals surface area contributed by atoms with E-state index in [2.05, 4.69) is 4.99 Å². The van der Waals surface area contributed by atoms with E-state index in [0.29, 0.717) is 5.69 Å². The average molecular weight is 325 g/mol. The molecule has 0 aliphatic carbocycles. The lowest BCUT2D eigenvalue weighted by Crippen LogP contribution is -1.96. The molecule has 0 saturated heterocycles. The number of aliphatic imine (C=N–C) groups is 1. The normalized spacial score (nSPS) is 11.0. The lowest BCUT2D eigenvalue weighted by atomic mass is 10.2. The Kier molecular flexibility index (Phi) is 4.26. The first-order valence-corrected chi connectivity index (χ1v) is 7.31. The maximum absolute atomic E-state index is 11.1. The largest absolute Gasteiger partial charge is 0.478 e. The summed E-state index contributed by atoms with van der Waals surface area (Å²) in [6.07, 6.45) is 5.59. The summed E-state index contributed by atoms with van der Waals surface area (Å²) in [5.41, 5.74) is 2.56. The van der Waals surface area contributed by atoms with Gasteiger partial charge >= 0.3 is 5.97 Å². The van der Waals surface area contributed by atoms with E-state index in [1.54, 1.807) is 12.3 Å². The molecular weight excluding hydrogens is 312 g/mol. The Morgan fingerprint density at radius 2 is 1.91 bits per heavy atom. The van der Waals surface area contributed by atoms with E-state index in [9.17, 15) is 4.79 Å². The van der Waals surface area contributed by atoms with E-state index < -0.39 is 5.97 Å². The molecule has 0 fully saturated rings. The van der Waals surface area contributed by atoms with Crippen LogP contribution in [0.25, 0.3) is 5.69 Å². The molecule has 114 valence electrons. The van der Waals surface area contributed by atoms with E-state index in [1.165, 1.54) is 12.1 Å². The number of nitrogens with zero attached hydrogens (tertiary/aromatic N) is 2. The monoisotopic (exact) mass is 324 g/mol. The minimum atomic E-state index is -1.07. The molecule has 3 aromatic rings. The molecular formula is C18H13ClN2O2. The van der Waals surface area contributed by atoms with Crippen LogP contribution in [-0.2, 0) is 0 Å². The van der Waals surface area contributed by atoms with Crippen LogP contribution < -0.4 is 0 Å². The molecule has 0 atom stereocenters. The number of rotatable bonds is 4. The van der Waals surface area contributed by atoms with Gasteiger partial charge in [0.1, 0.15) is 0 Å². The zero-order valence-electron chi connectivity index (χ0n) is 12.1.